The van der Waals surface area contributed by atoms with Gasteiger partial charge in [0.05, 0.1) is 38.3 Å². The Kier molecular flexibility index (Phi) is 11.1. The molecule has 1 saturated heterocycles. The van der Waals surface area contributed by atoms with Crippen LogP contribution in [0.25, 0.3) is 0 Å². The molecule has 2 N–H and O–H groups in total. The van der Waals surface area contributed by atoms with Crippen molar-refractivity contribution in [1.29, 1.82) is 0 Å². The molecule has 2 aliphatic rings. The lowest BCUT2D eigenvalue weighted by molar-refractivity contribution is -0.890. The summed E-state index contributed by atoms with van der Waals surface area (Å²) in [4.78, 5) is 42.4. The monoisotopic (exact) mass is 623 g/mol. The number of benzene rings is 3. The second-order valence-corrected chi connectivity index (χ2v) is 13.9. The van der Waals surface area contributed by atoms with Crippen LogP contribution in [-0.2, 0) is 10.2 Å². The summed E-state index contributed by atoms with van der Waals surface area (Å²) in [6.07, 6.45) is 8.83. The highest BCUT2D eigenvalue weighted by Gasteiger charge is 2.49. The first-order chi connectivity index (χ1) is 22.2. The topological polar surface area (TPSA) is 83.7 Å². The number of fused-ring (bicyclic) bond motifs is 1. The molecule has 244 valence electrons. The van der Waals surface area contributed by atoms with Crippen LogP contribution in [0, 0.1) is 5.92 Å². The second kappa shape index (κ2) is 15.2. The standard InChI is InChI=1S/C39H50N4O3/c1-43(2,29-17-15-26-42-36(44)34-22-12-13-23-35(34)37(42)45)28-16-5-3-4-14-25-41-27-24-33(30-41)39(38(40)46,31-18-8-6-9-19-31)32-20-10-7-11-21-32/h6-13,18-23,33H,3-5,14-17,24-30H2,1-2H3,(H-,40,46)/p+1. The number of carbonyl (C=O) groups excluding carboxylic acids is 3. The van der Waals surface area contributed by atoms with Crippen molar-refractivity contribution in [3.8, 4) is 0 Å². The summed E-state index contributed by atoms with van der Waals surface area (Å²) in [6.45, 7) is 5.60. The van der Waals surface area contributed by atoms with Gasteiger partial charge in [-0.1, -0.05) is 85.6 Å². The Morgan fingerprint density at radius 1 is 0.717 bits per heavy atom. The highest BCUT2D eigenvalue weighted by Crippen LogP contribution is 2.43. The Labute approximate surface area is 275 Å². The van der Waals surface area contributed by atoms with Crippen molar-refractivity contribution in [2.24, 2.45) is 11.7 Å². The van der Waals surface area contributed by atoms with Gasteiger partial charge in [0.2, 0.25) is 5.91 Å². The fourth-order valence-electron chi connectivity index (χ4n) is 7.68. The van der Waals surface area contributed by atoms with Gasteiger partial charge in [0.25, 0.3) is 11.8 Å². The van der Waals surface area contributed by atoms with Crippen molar-refractivity contribution in [2.75, 3.05) is 53.4 Å². The summed E-state index contributed by atoms with van der Waals surface area (Å²) in [7, 11) is 4.56. The average Bonchev–Trinajstić information content (AvgIpc) is 3.62. The summed E-state index contributed by atoms with van der Waals surface area (Å²) in [5, 5.41) is 0. The van der Waals surface area contributed by atoms with Gasteiger partial charge in [-0.3, -0.25) is 19.3 Å². The molecule has 0 radical (unpaired) electrons. The van der Waals surface area contributed by atoms with E-state index >= 15 is 0 Å². The third-order valence-electron chi connectivity index (χ3n) is 10.2. The van der Waals surface area contributed by atoms with Crippen molar-refractivity contribution in [2.45, 2.75) is 56.8 Å². The number of likely N-dealkylation sites (tertiary alicyclic amines) is 1. The summed E-state index contributed by atoms with van der Waals surface area (Å²) < 4.78 is 0.960. The minimum atomic E-state index is -0.822. The molecule has 5 rings (SSSR count). The first-order valence-corrected chi connectivity index (χ1v) is 17.1. The van der Waals surface area contributed by atoms with Gasteiger partial charge in [0, 0.05) is 13.1 Å². The average molecular weight is 624 g/mol. The van der Waals surface area contributed by atoms with Crippen LogP contribution in [0.1, 0.15) is 83.2 Å². The molecule has 3 amide bonds. The van der Waals surface area contributed by atoms with Crippen LogP contribution in [-0.4, -0.2) is 85.4 Å². The van der Waals surface area contributed by atoms with Crippen LogP contribution in [0.5, 0.6) is 0 Å². The minimum absolute atomic E-state index is 0.141. The summed E-state index contributed by atoms with van der Waals surface area (Å²) >= 11 is 0. The first-order valence-electron chi connectivity index (χ1n) is 17.1. The lowest BCUT2D eigenvalue weighted by atomic mass is 9.64. The molecular formula is C39H51N4O3+. The van der Waals surface area contributed by atoms with Crippen molar-refractivity contribution in [3.05, 3.63) is 107 Å². The molecule has 0 spiro atoms. The molecule has 7 heteroatoms. The Balaban J connectivity index is 0.993. The minimum Gasteiger partial charge on any atom is -0.369 e. The zero-order valence-corrected chi connectivity index (χ0v) is 27.7. The van der Waals surface area contributed by atoms with E-state index in [-0.39, 0.29) is 23.6 Å². The van der Waals surface area contributed by atoms with Gasteiger partial charge < -0.3 is 15.1 Å². The molecule has 2 aliphatic heterocycles. The molecule has 0 aliphatic carbocycles. The number of unbranched alkanes of at least 4 members (excludes halogenated alkanes) is 5. The maximum atomic E-state index is 13.3. The normalized spacial score (nSPS) is 17.1. The summed E-state index contributed by atoms with van der Waals surface area (Å²) in [6, 6.07) is 27.3. The number of amides is 3. The third kappa shape index (κ3) is 7.42. The number of imide groups is 1. The Morgan fingerprint density at radius 3 is 1.76 bits per heavy atom. The van der Waals surface area contributed by atoms with Crippen LogP contribution < -0.4 is 5.73 Å². The van der Waals surface area contributed by atoms with E-state index in [1.54, 1.807) is 12.1 Å². The largest absolute Gasteiger partial charge is 0.369 e. The second-order valence-electron chi connectivity index (χ2n) is 13.9. The molecule has 0 aromatic heterocycles. The fraction of sp³-hybridized carbons (Fsp3) is 0.462. The molecule has 3 aromatic rings. The van der Waals surface area contributed by atoms with E-state index in [1.165, 1.54) is 37.0 Å². The smallest absolute Gasteiger partial charge is 0.261 e. The van der Waals surface area contributed by atoms with Crippen molar-refractivity contribution >= 4 is 17.7 Å². The van der Waals surface area contributed by atoms with E-state index in [9.17, 15) is 14.4 Å². The number of quaternary nitrogens is 1. The maximum absolute atomic E-state index is 13.3. The van der Waals surface area contributed by atoms with Crippen molar-refractivity contribution in [3.63, 3.8) is 0 Å². The quantitative estimate of drug-likeness (QED) is 0.116. The Bertz CT molecular complexity index is 1400. The van der Waals surface area contributed by atoms with E-state index < -0.39 is 5.41 Å². The van der Waals surface area contributed by atoms with Crippen LogP contribution in [0.4, 0.5) is 0 Å². The molecular weight excluding hydrogens is 572 g/mol. The van der Waals surface area contributed by atoms with Gasteiger partial charge in [0.15, 0.2) is 0 Å². The van der Waals surface area contributed by atoms with E-state index in [2.05, 4.69) is 43.3 Å². The molecule has 3 aromatic carbocycles. The number of nitrogens with zero attached hydrogens (tertiary/aromatic N) is 3. The van der Waals surface area contributed by atoms with Gasteiger partial charge in [-0.25, -0.2) is 0 Å². The number of primary amides is 1. The van der Waals surface area contributed by atoms with Crippen molar-refractivity contribution in [1.82, 2.24) is 9.80 Å². The van der Waals surface area contributed by atoms with E-state index in [0.29, 0.717) is 17.7 Å². The molecule has 46 heavy (non-hydrogen) atoms. The van der Waals surface area contributed by atoms with Crippen LogP contribution in [0.2, 0.25) is 0 Å². The van der Waals surface area contributed by atoms with Gasteiger partial charge in [-0.05, 0) is 80.8 Å². The number of rotatable bonds is 17. The van der Waals surface area contributed by atoms with E-state index in [4.69, 9.17) is 5.73 Å². The first kappa shape index (κ1) is 33.6. The number of carbonyl (C=O) groups is 3. The SMILES string of the molecule is C[N+](C)(CCCCCCCN1CCC(C(C(N)=O)(c2ccccc2)c2ccccc2)C1)CCCCN1C(=O)c2ccccc2C1=O. The van der Waals surface area contributed by atoms with Crippen molar-refractivity contribution < 1.29 is 18.9 Å². The molecule has 7 nitrogen and oxygen atoms in total. The molecule has 2 heterocycles. The lowest BCUT2D eigenvalue weighted by Crippen LogP contribution is -2.49. The van der Waals surface area contributed by atoms with Gasteiger partial charge in [-0.15, -0.1) is 0 Å². The molecule has 1 unspecified atom stereocenters. The Hall–Kier alpha value is -3.81. The zero-order chi connectivity index (χ0) is 32.6. The fourth-order valence-corrected chi connectivity index (χ4v) is 7.68. The third-order valence-corrected chi connectivity index (χ3v) is 10.2. The number of hydrogen-bond donors (Lipinski definition) is 1. The molecule has 0 saturated carbocycles. The molecule has 1 atom stereocenters. The van der Waals surface area contributed by atoms with Gasteiger partial charge in [-0.2, -0.15) is 0 Å². The zero-order valence-electron chi connectivity index (χ0n) is 27.7. The number of hydrogen-bond acceptors (Lipinski definition) is 4. The van der Waals surface area contributed by atoms with E-state index in [0.717, 1.165) is 67.6 Å². The maximum Gasteiger partial charge on any atom is 0.261 e. The molecule has 0 bridgehead atoms. The van der Waals surface area contributed by atoms with Crippen LogP contribution in [0.3, 0.4) is 0 Å². The molecule has 1 fully saturated rings. The lowest BCUT2D eigenvalue weighted by Gasteiger charge is -2.37. The van der Waals surface area contributed by atoms with E-state index in [1.807, 2.05) is 48.5 Å². The highest BCUT2D eigenvalue weighted by molar-refractivity contribution is 6.21. The highest BCUT2D eigenvalue weighted by atomic mass is 16.2. The number of nitrogens with two attached hydrogens (primary N) is 1. The predicted molar refractivity (Wildman–Crippen MR) is 183 cm³/mol. The Morgan fingerprint density at radius 2 is 1.20 bits per heavy atom. The summed E-state index contributed by atoms with van der Waals surface area (Å²) in [5.74, 6) is -0.433. The predicted octanol–water partition coefficient (Wildman–Crippen LogP) is 5.88. The van der Waals surface area contributed by atoms with Crippen LogP contribution in [0.15, 0.2) is 84.9 Å². The summed E-state index contributed by atoms with van der Waals surface area (Å²) in [5.41, 5.74) is 8.48. The van der Waals surface area contributed by atoms with Crippen LogP contribution >= 0.6 is 0 Å². The van der Waals surface area contributed by atoms with Gasteiger partial charge >= 0.3 is 0 Å². The van der Waals surface area contributed by atoms with Gasteiger partial charge in [0.1, 0.15) is 5.41 Å².